The van der Waals surface area contributed by atoms with Crippen LogP contribution in [0.5, 0.6) is 0 Å². The number of hydrogen-bond acceptors (Lipinski definition) is 4. The van der Waals surface area contributed by atoms with Crippen LogP contribution >= 0.6 is 0 Å². The minimum Gasteiger partial charge on any atom is -0.349 e. The minimum absolute atomic E-state index is 0.00779. The Hall–Kier alpha value is -2.73. The Morgan fingerprint density at radius 2 is 2.22 bits per heavy atom. The van der Waals surface area contributed by atoms with Crippen molar-refractivity contribution in [3.8, 4) is 0 Å². The number of nitrogens with zero attached hydrogens (tertiary/aromatic N) is 2. The maximum Gasteiger partial charge on any atom is 0.237 e. The molecule has 4 rings (SSSR count). The van der Waals surface area contributed by atoms with Crippen LogP contribution in [0.25, 0.3) is 10.8 Å². The van der Waals surface area contributed by atoms with Crippen LogP contribution in [0, 0.1) is 0 Å². The Morgan fingerprint density at radius 3 is 3.17 bits per heavy atom. The van der Waals surface area contributed by atoms with Crippen LogP contribution < -0.4 is 10.6 Å². The average Bonchev–Trinajstić information content (AvgIpc) is 3.07. The molecule has 1 unspecified atom stereocenters. The monoisotopic (exact) mass is 307 g/mol. The number of carbonyl (C=O) groups excluding carboxylic acids is 1. The summed E-state index contributed by atoms with van der Waals surface area (Å²) in [6.07, 6.45) is 4.23. The summed E-state index contributed by atoms with van der Waals surface area (Å²) in [5.41, 5.74) is 3.05. The van der Waals surface area contributed by atoms with E-state index < -0.39 is 0 Å². The number of H-pyrrole nitrogens is 1. The molecular formula is C17H17N5O. The van der Waals surface area contributed by atoms with Crippen molar-refractivity contribution in [1.29, 1.82) is 0 Å². The highest BCUT2D eigenvalue weighted by molar-refractivity contribution is 5.86. The van der Waals surface area contributed by atoms with Crippen molar-refractivity contribution in [1.82, 2.24) is 25.8 Å². The maximum absolute atomic E-state index is 12.4. The third kappa shape index (κ3) is 2.68. The second-order valence-electron chi connectivity index (χ2n) is 5.71. The van der Waals surface area contributed by atoms with Gasteiger partial charge in [-0.05, 0) is 17.0 Å². The Labute approximate surface area is 133 Å². The lowest BCUT2D eigenvalue weighted by Gasteiger charge is -2.22. The van der Waals surface area contributed by atoms with Gasteiger partial charge in [0, 0.05) is 24.5 Å². The van der Waals surface area contributed by atoms with Crippen LogP contribution in [0.15, 0.2) is 42.7 Å². The molecule has 23 heavy (non-hydrogen) atoms. The second-order valence-corrected chi connectivity index (χ2v) is 5.71. The van der Waals surface area contributed by atoms with E-state index in [-0.39, 0.29) is 11.9 Å². The van der Waals surface area contributed by atoms with E-state index in [4.69, 9.17) is 0 Å². The highest BCUT2D eigenvalue weighted by atomic mass is 16.2. The Balaban J connectivity index is 1.45. The van der Waals surface area contributed by atoms with Gasteiger partial charge >= 0.3 is 0 Å². The molecular weight excluding hydrogens is 290 g/mol. The first-order valence-electron chi connectivity index (χ1n) is 7.66. The van der Waals surface area contributed by atoms with Gasteiger partial charge in [0.15, 0.2) is 0 Å². The first-order valence-corrected chi connectivity index (χ1v) is 7.66. The molecule has 0 spiro atoms. The van der Waals surface area contributed by atoms with E-state index in [1.54, 1.807) is 12.4 Å². The van der Waals surface area contributed by atoms with Gasteiger partial charge in [0.1, 0.15) is 0 Å². The van der Waals surface area contributed by atoms with E-state index >= 15 is 0 Å². The number of carbonyl (C=O) groups is 1. The van der Waals surface area contributed by atoms with Gasteiger partial charge < -0.3 is 5.32 Å². The van der Waals surface area contributed by atoms with E-state index in [2.05, 4.69) is 25.8 Å². The zero-order valence-corrected chi connectivity index (χ0v) is 12.5. The van der Waals surface area contributed by atoms with Gasteiger partial charge in [0.25, 0.3) is 0 Å². The number of benzene rings is 1. The molecule has 1 aliphatic heterocycles. The summed E-state index contributed by atoms with van der Waals surface area (Å²) in [6, 6.07) is 9.81. The molecule has 2 aromatic heterocycles. The summed E-state index contributed by atoms with van der Waals surface area (Å²) >= 11 is 0. The number of amides is 1. The number of aromatic amines is 1. The molecule has 6 nitrogen and oxygen atoms in total. The first kappa shape index (κ1) is 13.9. The third-order valence-corrected chi connectivity index (χ3v) is 4.26. The number of nitrogens with one attached hydrogen (secondary N) is 3. The number of rotatable bonds is 3. The Bertz CT molecular complexity index is 852. The van der Waals surface area contributed by atoms with Crippen molar-refractivity contribution in [2.24, 2.45) is 0 Å². The van der Waals surface area contributed by atoms with Crippen LogP contribution in [0.3, 0.4) is 0 Å². The molecule has 3 aromatic rings. The molecule has 6 heteroatoms. The molecule has 1 amide bonds. The lowest BCUT2D eigenvalue weighted by atomic mass is 10.0. The topological polar surface area (TPSA) is 82.7 Å². The zero-order chi connectivity index (χ0) is 15.6. The highest BCUT2D eigenvalue weighted by Crippen LogP contribution is 2.17. The quantitative estimate of drug-likeness (QED) is 0.681. The fourth-order valence-corrected chi connectivity index (χ4v) is 2.99. The van der Waals surface area contributed by atoms with Gasteiger partial charge in [-0.25, -0.2) is 0 Å². The molecule has 0 bridgehead atoms. The SMILES string of the molecule is O=C(NCc1nccc2ccccc12)C1Cc2cn[nH]c2CN1. The van der Waals surface area contributed by atoms with Crippen molar-refractivity contribution in [3.63, 3.8) is 0 Å². The number of fused-ring (bicyclic) bond motifs is 2. The average molecular weight is 307 g/mol. The molecule has 0 radical (unpaired) electrons. The summed E-state index contributed by atoms with van der Waals surface area (Å²) in [5.74, 6) is -0.00779. The Kier molecular flexibility index (Phi) is 3.51. The van der Waals surface area contributed by atoms with Gasteiger partial charge in [-0.3, -0.25) is 20.2 Å². The lowest BCUT2D eigenvalue weighted by Crippen LogP contribution is -2.47. The Morgan fingerprint density at radius 1 is 1.30 bits per heavy atom. The van der Waals surface area contributed by atoms with Crippen molar-refractivity contribution < 1.29 is 4.79 Å². The van der Waals surface area contributed by atoms with E-state index in [1.807, 2.05) is 30.3 Å². The molecule has 3 N–H and O–H groups in total. The maximum atomic E-state index is 12.4. The molecule has 0 aliphatic carbocycles. The van der Waals surface area contributed by atoms with Gasteiger partial charge in [-0.15, -0.1) is 0 Å². The van der Waals surface area contributed by atoms with Crippen molar-refractivity contribution >= 4 is 16.7 Å². The van der Waals surface area contributed by atoms with Crippen LogP contribution in [-0.2, 0) is 24.3 Å². The predicted octanol–water partition coefficient (Wildman–Crippen LogP) is 1.29. The summed E-state index contributed by atoms with van der Waals surface area (Å²) in [5, 5.41) is 15.4. The first-order chi connectivity index (χ1) is 11.3. The molecule has 0 saturated carbocycles. The predicted molar refractivity (Wildman–Crippen MR) is 86.5 cm³/mol. The van der Waals surface area contributed by atoms with E-state index in [0.29, 0.717) is 19.5 Å². The molecule has 116 valence electrons. The minimum atomic E-state index is -0.227. The largest absolute Gasteiger partial charge is 0.349 e. The standard InChI is InChI=1S/C17H17N5O/c23-17(14-7-12-8-21-22-15(12)9-19-14)20-10-16-13-4-2-1-3-11(13)5-6-18-16/h1-6,8,14,19H,7,9-10H2,(H,20,23)(H,21,22). The normalized spacial score (nSPS) is 17.0. The van der Waals surface area contributed by atoms with E-state index in [1.165, 1.54) is 0 Å². The van der Waals surface area contributed by atoms with Crippen molar-refractivity contribution in [2.75, 3.05) is 0 Å². The van der Waals surface area contributed by atoms with Crippen LogP contribution in [0.2, 0.25) is 0 Å². The van der Waals surface area contributed by atoms with E-state index in [9.17, 15) is 4.79 Å². The number of hydrogen-bond donors (Lipinski definition) is 3. The summed E-state index contributed by atoms with van der Waals surface area (Å²) in [4.78, 5) is 16.8. The van der Waals surface area contributed by atoms with Crippen LogP contribution in [-0.4, -0.2) is 27.1 Å². The third-order valence-electron chi connectivity index (χ3n) is 4.26. The van der Waals surface area contributed by atoms with Gasteiger partial charge in [0.2, 0.25) is 5.91 Å². The molecule has 0 saturated heterocycles. The highest BCUT2D eigenvalue weighted by Gasteiger charge is 2.25. The second kappa shape index (κ2) is 5.81. The van der Waals surface area contributed by atoms with Crippen molar-refractivity contribution in [2.45, 2.75) is 25.6 Å². The molecule has 1 aromatic carbocycles. The molecule has 1 atom stereocenters. The van der Waals surface area contributed by atoms with Crippen LogP contribution in [0.1, 0.15) is 17.0 Å². The summed E-state index contributed by atoms with van der Waals surface area (Å²) < 4.78 is 0. The molecule has 0 fully saturated rings. The number of pyridine rings is 1. The summed E-state index contributed by atoms with van der Waals surface area (Å²) in [6.45, 7) is 1.07. The van der Waals surface area contributed by atoms with Gasteiger partial charge in [-0.2, -0.15) is 5.10 Å². The van der Waals surface area contributed by atoms with Gasteiger partial charge in [-0.1, -0.05) is 24.3 Å². The van der Waals surface area contributed by atoms with E-state index in [0.717, 1.165) is 27.7 Å². The fourth-order valence-electron chi connectivity index (χ4n) is 2.99. The molecule has 1 aliphatic rings. The lowest BCUT2D eigenvalue weighted by molar-refractivity contribution is -0.123. The smallest absolute Gasteiger partial charge is 0.237 e. The summed E-state index contributed by atoms with van der Waals surface area (Å²) in [7, 11) is 0. The van der Waals surface area contributed by atoms with Gasteiger partial charge in [0.05, 0.1) is 30.2 Å². The van der Waals surface area contributed by atoms with Crippen LogP contribution in [0.4, 0.5) is 0 Å². The fraction of sp³-hybridized carbons (Fsp3) is 0.235. The molecule has 3 heterocycles. The number of aromatic nitrogens is 3. The van der Waals surface area contributed by atoms with Crippen molar-refractivity contribution in [3.05, 3.63) is 59.7 Å². The zero-order valence-electron chi connectivity index (χ0n) is 12.5.